The fourth-order valence-corrected chi connectivity index (χ4v) is 2.28. The first-order valence-corrected chi connectivity index (χ1v) is 5.54. The molecule has 1 aliphatic rings. The summed E-state index contributed by atoms with van der Waals surface area (Å²) in [5.41, 5.74) is 0.644. The molecule has 0 bridgehead atoms. The van der Waals surface area contributed by atoms with Gasteiger partial charge in [-0.25, -0.2) is 0 Å². The highest BCUT2D eigenvalue weighted by molar-refractivity contribution is 4.81. The van der Waals surface area contributed by atoms with E-state index in [2.05, 4.69) is 27.7 Å². The molecule has 1 aliphatic carbocycles. The van der Waals surface area contributed by atoms with Gasteiger partial charge in [-0.3, -0.25) is 0 Å². The second kappa shape index (κ2) is 3.81. The molecule has 2 unspecified atom stereocenters. The fraction of sp³-hybridized carbons (Fsp3) is 1.00. The molecule has 0 N–H and O–H groups in total. The Morgan fingerprint density at radius 3 is 2.42 bits per heavy atom. The molecule has 1 fully saturated rings. The van der Waals surface area contributed by atoms with Gasteiger partial charge in [0.15, 0.2) is 0 Å². The van der Waals surface area contributed by atoms with E-state index in [1.807, 2.05) is 0 Å². The lowest BCUT2D eigenvalue weighted by Crippen LogP contribution is -2.22. The number of hydrogen-bond donors (Lipinski definition) is 0. The standard InChI is InChI=1S/C12H24/c1-10(2)12(4)8-5-6-11(3)7-9-12/h10-11H,5-9H2,1-4H3. The van der Waals surface area contributed by atoms with Gasteiger partial charge >= 0.3 is 0 Å². The van der Waals surface area contributed by atoms with Gasteiger partial charge in [-0.15, -0.1) is 0 Å². The Morgan fingerprint density at radius 2 is 1.83 bits per heavy atom. The molecule has 0 saturated heterocycles. The van der Waals surface area contributed by atoms with Crippen molar-refractivity contribution in [3.63, 3.8) is 0 Å². The Labute approximate surface area is 77.7 Å². The van der Waals surface area contributed by atoms with Crippen molar-refractivity contribution < 1.29 is 0 Å². The molecule has 0 heterocycles. The third kappa shape index (κ3) is 2.24. The van der Waals surface area contributed by atoms with Crippen LogP contribution in [0, 0.1) is 17.3 Å². The van der Waals surface area contributed by atoms with Crippen molar-refractivity contribution in [1.29, 1.82) is 0 Å². The van der Waals surface area contributed by atoms with Crippen LogP contribution in [0.5, 0.6) is 0 Å². The van der Waals surface area contributed by atoms with Crippen LogP contribution in [0.25, 0.3) is 0 Å². The zero-order valence-electron chi connectivity index (χ0n) is 9.19. The van der Waals surface area contributed by atoms with E-state index in [-0.39, 0.29) is 0 Å². The molecule has 0 aromatic carbocycles. The summed E-state index contributed by atoms with van der Waals surface area (Å²) in [6, 6.07) is 0. The Kier molecular flexibility index (Phi) is 3.20. The topological polar surface area (TPSA) is 0 Å². The van der Waals surface area contributed by atoms with Crippen molar-refractivity contribution in [3.8, 4) is 0 Å². The van der Waals surface area contributed by atoms with E-state index >= 15 is 0 Å². The second-order valence-corrected chi connectivity index (χ2v) is 5.34. The van der Waals surface area contributed by atoms with Crippen LogP contribution in [0.3, 0.4) is 0 Å². The van der Waals surface area contributed by atoms with Crippen molar-refractivity contribution in [1.82, 2.24) is 0 Å². The van der Waals surface area contributed by atoms with Gasteiger partial charge in [-0.05, 0) is 30.1 Å². The SMILES string of the molecule is CC1CCCC(C)(C(C)C)CC1. The van der Waals surface area contributed by atoms with Gasteiger partial charge in [0.1, 0.15) is 0 Å². The molecule has 1 saturated carbocycles. The molecule has 0 aromatic heterocycles. The largest absolute Gasteiger partial charge is 0.0625 e. The van der Waals surface area contributed by atoms with Crippen LogP contribution < -0.4 is 0 Å². The van der Waals surface area contributed by atoms with Crippen LogP contribution in [-0.2, 0) is 0 Å². The molecule has 0 amide bonds. The van der Waals surface area contributed by atoms with Crippen LogP contribution in [-0.4, -0.2) is 0 Å². The highest BCUT2D eigenvalue weighted by Gasteiger charge is 2.30. The average molecular weight is 168 g/mol. The summed E-state index contributed by atoms with van der Waals surface area (Å²) >= 11 is 0. The minimum Gasteiger partial charge on any atom is -0.0625 e. The van der Waals surface area contributed by atoms with Crippen molar-refractivity contribution in [2.45, 2.75) is 59.8 Å². The zero-order chi connectivity index (χ0) is 9.19. The highest BCUT2D eigenvalue weighted by Crippen LogP contribution is 2.41. The predicted molar refractivity (Wildman–Crippen MR) is 55.2 cm³/mol. The summed E-state index contributed by atoms with van der Waals surface area (Å²) < 4.78 is 0. The maximum Gasteiger partial charge on any atom is -0.0303 e. The molecule has 0 aromatic rings. The van der Waals surface area contributed by atoms with Gasteiger partial charge in [0.2, 0.25) is 0 Å². The van der Waals surface area contributed by atoms with Gasteiger partial charge in [0, 0.05) is 0 Å². The summed E-state index contributed by atoms with van der Waals surface area (Å²) in [6.45, 7) is 9.66. The smallest absolute Gasteiger partial charge is 0.0303 e. The molecule has 0 heteroatoms. The maximum absolute atomic E-state index is 2.48. The zero-order valence-corrected chi connectivity index (χ0v) is 9.19. The van der Waals surface area contributed by atoms with Crippen molar-refractivity contribution in [3.05, 3.63) is 0 Å². The van der Waals surface area contributed by atoms with Crippen LogP contribution in [0.2, 0.25) is 0 Å². The van der Waals surface area contributed by atoms with E-state index < -0.39 is 0 Å². The minimum atomic E-state index is 0.644. The Bertz CT molecular complexity index is 137. The fourth-order valence-electron chi connectivity index (χ4n) is 2.28. The third-order valence-corrected chi connectivity index (χ3v) is 4.05. The van der Waals surface area contributed by atoms with E-state index in [0.29, 0.717) is 5.41 Å². The van der Waals surface area contributed by atoms with Gasteiger partial charge in [0.05, 0.1) is 0 Å². The lowest BCUT2D eigenvalue weighted by molar-refractivity contribution is 0.183. The first-order valence-electron chi connectivity index (χ1n) is 5.54. The summed E-state index contributed by atoms with van der Waals surface area (Å²) in [5.74, 6) is 1.84. The molecule has 12 heavy (non-hydrogen) atoms. The molecule has 72 valence electrons. The van der Waals surface area contributed by atoms with Gasteiger partial charge in [-0.2, -0.15) is 0 Å². The van der Waals surface area contributed by atoms with Crippen LogP contribution in [0.15, 0.2) is 0 Å². The van der Waals surface area contributed by atoms with Crippen LogP contribution in [0.1, 0.15) is 59.8 Å². The molecule has 2 atom stereocenters. The van der Waals surface area contributed by atoms with E-state index in [4.69, 9.17) is 0 Å². The van der Waals surface area contributed by atoms with Crippen LogP contribution >= 0.6 is 0 Å². The maximum atomic E-state index is 2.48. The van der Waals surface area contributed by atoms with Gasteiger partial charge in [-0.1, -0.05) is 47.0 Å². The van der Waals surface area contributed by atoms with Gasteiger partial charge < -0.3 is 0 Å². The lowest BCUT2D eigenvalue weighted by Gasteiger charge is -2.32. The quantitative estimate of drug-likeness (QED) is 0.513. The summed E-state index contributed by atoms with van der Waals surface area (Å²) in [5, 5.41) is 0. The third-order valence-electron chi connectivity index (χ3n) is 4.05. The summed E-state index contributed by atoms with van der Waals surface area (Å²) in [7, 11) is 0. The monoisotopic (exact) mass is 168 g/mol. The van der Waals surface area contributed by atoms with E-state index in [1.54, 1.807) is 0 Å². The predicted octanol–water partition coefficient (Wildman–Crippen LogP) is 4.25. The number of hydrogen-bond acceptors (Lipinski definition) is 0. The first kappa shape index (κ1) is 10.1. The van der Waals surface area contributed by atoms with Crippen molar-refractivity contribution in [2.24, 2.45) is 17.3 Å². The molecule has 0 aliphatic heterocycles. The molecular formula is C12H24. The van der Waals surface area contributed by atoms with Crippen molar-refractivity contribution >= 4 is 0 Å². The summed E-state index contributed by atoms with van der Waals surface area (Å²) in [4.78, 5) is 0. The molecule has 0 nitrogen and oxygen atoms in total. The highest BCUT2D eigenvalue weighted by atomic mass is 14.4. The average Bonchev–Trinajstić information content (AvgIpc) is 2.15. The summed E-state index contributed by atoms with van der Waals surface area (Å²) in [6.07, 6.45) is 7.27. The second-order valence-electron chi connectivity index (χ2n) is 5.34. The van der Waals surface area contributed by atoms with Crippen LogP contribution in [0.4, 0.5) is 0 Å². The molecule has 0 radical (unpaired) electrons. The Hall–Kier alpha value is 0. The minimum absolute atomic E-state index is 0.644. The number of rotatable bonds is 1. The van der Waals surface area contributed by atoms with Gasteiger partial charge in [0.25, 0.3) is 0 Å². The Morgan fingerprint density at radius 1 is 1.17 bits per heavy atom. The molecule has 1 rings (SSSR count). The van der Waals surface area contributed by atoms with Crippen molar-refractivity contribution in [2.75, 3.05) is 0 Å². The lowest BCUT2D eigenvalue weighted by atomic mass is 9.73. The van der Waals surface area contributed by atoms with E-state index in [0.717, 1.165) is 11.8 Å². The molecular weight excluding hydrogens is 144 g/mol. The van der Waals surface area contributed by atoms with E-state index in [9.17, 15) is 0 Å². The first-order chi connectivity index (χ1) is 5.54. The van der Waals surface area contributed by atoms with E-state index in [1.165, 1.54) is 32.1 Å². The Balaban J connectivity index is 2.55. The molecule has 0 spiro atoms. The normalized spacial score (nSPS) is 38.2.